The van der Waals surface area contributed by atoms with Gasteiger partial charge >= 0.3 is 0 Å². The zero-order valence-corrected chi connectivity index (χ0v) is 9.31. The molecule has 0 atom stereocenters. The van der Waals surface area contributed by atoms with E-state index in [2.05, 4.69) is 30.7 Å². The largest absolute Gasteiger partial charge is 0.237 e. The number of hydrogen-bond donors (Lipinski definition) is 0. The van der Waals surface area contributed by atoms with Crippen molar-refractivity contribution in [1.82, 2.24) is 9.97 Å². The van der Waals surface area contributed by atoms with Crippen molar-refractivity contribution in [2.75, 3.05) is 0 Å². The van der Waals surface area contributed by atoms with Crippen LogP contribution in [0.5, 0.6) is 0 Å². The highest BCUT2D eigenvalue weighted by molar-refractivity contribution is 6.29. The molecule has 0 fully saturated rings. The summed E-state index contributed by atoms with van der Waals surface area (Å²) in [6, 6.07) is 1.83. The van der Waals surface area contributed by atoms with Gasteiger partial charge in [-0.1, -0.05) is 39.3 Å². The van der Waals surface area contributed by atoms with Crippen LogP contribution < -0.4 is 0 Å². The molecule has 1 rings (SSSR count). The summed E-state index contributed by atoms with van der Waals surface area (Å²) in [4.78, 5) is 8.55. The number of aromatic nitrogens is 2. The third-order valence-electron chi connectivity index (χ3n) is 1.83. The van der Waals surface area contributed by atoms with E-state index < -0.39 is 0 Å². The molecule has 1 heterocycles. The van der Waals surface area contributed by atoms with Crippen molar-refractivity contribution in [3.05, 3.63) is 22.7 Å². The molecule has 0 radical (unpaired) electrons. The van der Waals surface area contributed by atoms with E-state index in [-0.39, 0.29) is 5.41 Å². The van der Waals surface area contributed by atoms with Crippen molar-refractivity contribution < 1.29 is 0 Å². The summed E-state index contributed by atoms with van der Waals surface area (Å²) >= 11 is 5.88. The number of nitrogens with zero attached hydrogens (tertiary/aromatic N) is 2. The van der Waals surface area contributed by atoms with E-state index in [4.69, 9.17) is 11.6 Å². The van der Waals surface area contributed by atoms with Crippen LogP contribution in [0.15, 0.2) is 6.07 Å². The maximum atomic E-state index is 5.88. The lowest BCUT2D eigenvalue weighted by atomic mass is 9.92. The smallest absolute Gasteiger partial charge is 0.133 e. The van der Waals surface area contributed by atoms with Crippen molar-refractivity contribution in [1.29, 1.82) is 0 Å². The van der Waals surface area contributed by atoms with Gasteiger partial charge in [0.15, 0.2) is 0 Å². The second-order valence-electron chi connectivity index (χ2n) is 4.10. The third-order valence-corrected chi connectivity index (χ3v) is 2.02. The molecular formula is C10H15ClN2. The van der Waals surface area contributed by atoms with Crippen LogP contribution in [0.2, 0.25) is 5.15 Å². The van der Waals surface area contributed by atoms with Gasteiger partial charge in [-0.15, -0.1) is 0 Å². The SMILES string of the molecule is CCc1nc(Cl)cc(C(C)(C)C)n1. The van der Waals surface area contributed by atoms with Crippen molar-refractivity contribution in [3.63, 3.8) is 0 Å². The van der Waals surface area contributed by atoms with Crippen molar-refractivity contribution in [3.8, 4) is 0 Å². The Hall–Kier alpha value is -0.630. The van der Waals surface area contributed by atoms with E-state index in [9.17, 15) is 0 Å². The number of hydrogen-bond acceptors (Lipinski definition) is 2. The molecule has 0 aromatic carbocycles. The Bertz CT molecular complexity index is 302. The van der Waals surface area contributed by atoms with Crippen molar-refractivity contribution >= 4 is 11.6 Å². The van der Waals surface area contributed by atoms with Crippen LogP contribution in [0.1, 0.15) is 39.2 Å². The molecule has 0 spiro atoms. The fourth-order valence-corrected chi connectivity index (χ4v) is 1.21. The maximum absolute atomic E-state index is 5.88. The highest BCUT2D eigenvalue weighted by Crippen LogP contribution is 2.22. The van der Waals surface area contributed by atoms with Gasteiger partial charge in [-0.2, -0.15) is 0 Å². The highest BCUT2D eigenvalue weighted by atomic mass is 35.5. The Balaban J connectivity index is 3.16. The standard InChI is InChI=1S/C10H15ClN2/c1-5-9-12-7(10(2,3)4)6-8(11)13-9/h6H,5H2,1-4H3. The zero-order chi connectivity index (χ0) is 10.1. The van der Waals surface area contributed by atoms with Gasteiger partial charge in [0.05, 0.1) is 5.69 Å². The minimum Gasteiger partial charge on any atom is -0.237 e. The summed E-state index contributed by atoms with van der Waals surface area (Å²) in [5.74, 6) is 0.817. The molecule has 0 aliphatic carbocycles. The van der Waals surface area contributed by atoms with Crippen LogP contribution in [0.3, 0.4) is 0 Å². The number of aryl methyl sites for hydroxylation is 1. The van der Waals surface area contributed by atoms with E-state index in [1.165, 1.54) is 0 Å². The maximum Gasteiger partial charge on any atom is 0.133 e. The lowest BCUT2D eigenvalue weighted by Gasteiger charge is -2.18. The van der Waals surface area contributed by atoms with Gasteiger partial charge in [0.2, 0.25) is 0 Å². The first-order valence-corrected chi connectivity index (χ1v) is 4.85. The van der Waals surface area contributed by atoms with Gasteiger partial charge in [0, 0.05) is 11.8 Å². The Morgan fingerprint density at radius 1 is 1.31 bits per heavy atom. The fourth-order valence-electron chi connectivity index (χ4n) is 1.01. The molecule has 0 saturated carbocycles. The Labute approximate surface area is 84.4 Å². The van der Waals surface area contributed by atoms with Crippen LogP contribution in [0.4, 0.5) is 0 Å². The summed E-state index contributed by atoms with van der Waals surface area (Å²) < 4.78 is 0. The molecule has 0 aliphatic rings. The van der Waals surface area contributed by atoms with Gasteiger partial charge < -0.3 is 0 Å². The van der Waals surface area contributed by atoms with E-state index in [1.54, 1.807) is 0 Å². The quantitative estimate of drug-likeness (QED) is 0.649. The lowest BCUT2D eigenvalue weighted by molar-refractivity contribution is 0.562. The minimum absolute atomic E-state index is 0.0382. The van der Waals surface area contributed by atoms with E-state index in [0.717, 1.165) is 17.9 Å². The molecule has 0 saturated heterocycles. The first-order valence-electron chi connectivity index (χ1n) is 4.47. The predicted octanol–water partition coefficient (Wildman–Crippen LogP) is 2.99. The fraction of sp³-hybridized carbons (Fsp3) is 0.600. The molecule has 0 amide bonds. The number of rotatable bonds is 1. The molecule has 0 unspecified atom stereocenters. The first kappa shape index (κ1) is 10.5. The summed E-state index contributed by atoms with van der Waals surface area (Å²) in [6.45, 7) is 8.37. The van der Waals surface area contributed by atoms with Crippen molar-refractivity contribution in [2.45, 2.75) is 39.5 Å². The predicted molar refractivity (Wildman–Crippen MR) is 55.1 cm³/mol. The van der Waals surface area contributed by atoms with Gasteiger partial charge in [0.1, 0.15) is 11.0 Å². The second kappa shape index (κ2) is 3.62. The third kappa shape index (κ3) is 2.66. The lowest BCUT2D eigenvalue weighted by Crippen LogP contribution is -2.15. The molecule has 72 valence electrons. The van der Waals surface area contributed by atoms with Crippen LogP contribution in [-0.4, -0.2) is 9.97 Å². The minimum atomic E-state index is 0.0382. The Morgan fingerprint density at radius 2 is 1.92 bits per heavy atom. The molecule has 1 aromatic heterocycles. The van der Waals surface area contributed by atoms with E-state index in [0.29, 0.717) is 5.15 Å². The van der Waals surface area contributed by atoms with Gasteiger partial charge in [-0.25, -0.2) is 9.97 Å². The topological polar surface area (TPSA) is 25.8 Å². The summed E-state index contributed by atoms with van der Waals surface area (Å²) in [6.07, 6.45) is 0.823. The normalized spacial score (nSPS) is 11.8. The summed E-state index contributed by atoms with van der Waals surface area (Å²) in [5.41, 5.74) is 1.04. The van der Waals surface area contributed by atoms with E-state index >= 15 is 0 Å². The molecule has 0 N–H and O–H groups in total. The van der Waals surface area contributed by atoms with Gasteiger partial charge in [-0.05, 0) is 6.07 Å². The Kier molecular flexibility index (Phi) is 2.91. The molecule has 13 heavy (non-hydrogen) atoms. The zero-order valence-electron chi connectivity index (χ0n) is 8.56. The molecule has 3 heteroatoms. The molecular weight excluding hydrogens is 184 g/mol. The van der Waals surface area contributed by atoms with Crippen molar-refractivity contribution in [2.24, 2.45) is 0 Å². The van der Waals surface area contributed by atoms with Gasteiger partial charge in [0.25, 0.3) is 0 Å². The molecule has 0 bridgehead atoms. The summed E-state index contributed by atoms with van der Waals surface area (Å²) in [7, 11) is 0. The molecule has 0 aliphatic heterocycles. The van der Waals surface area contributed by atoms with Crippen LogP contribution >= 0.6 is 11.6 Å². The first-order chi connectivity index (χ1) is 5.93. The highest BCUT2D eigenvalue weighted by Gasteiger charge is 2.16. The monoisotopic (exact) mass is 198 g/mol. The average molecular weight is 199 g/mol. The molecule has 1 aromatic rings. The Morgan fingerprint density at radius 3 is 2.38 bits per heavy atom. The second-order valence-corrected chi connectivity index (χ2v) is 4.48. The van der Waals surface area contributed by atoms with Crippen LogP contribution in [0.25, 0.3) is 0 Å². The van der Waals surface area contributed by atoms with Gasteiger partial charge in [-0.3, -0.25) is 0 Å². The number of halogens is 1. The van der Waals surface area contributed by atoms with Crippen LogP contribution in [-0.2, 0) is 11.8 Å². The van der Waals surface area contributed by atoms with E-state index in [1.807, 2.05) is 13.0 Å². The molecule has 2 nitrogen and oxygen atoms in total. The van der Waals surface area contributed by atoms with Crippen LogP contribution in [0, 0.1) is 0 Å². The summed E-state index contributed by atoms with van der Waals surface area (Å²) in [5, 5.41) is 0.539. The average Bonchev–Trinajstić information content (AvgIpc) is 2.01.